The van der Waals surface area contributed by atoms with Crippen molar-refractivity contribution in [1.82, 2.24) is 9.55 Å². The fourth-order valence-electron chi connectivity index (χ4n) is 1.98. The van der Waals surface area contributed by atoms with Gasteiger partial charge in [-0.15, -0.1) is 0 Å². The summed E-state index contributed by atoms with van der Waals surface area (Å²) in [7, 11) is 0. The van der Waals surface area contributed by atoms with Crippen molar-refractivity contribution in [3.05, 3.63) is 40.1 Å². The molecule has 1 aliphatic rings. The fraction of sp³-hybridized carbons (Fsp3) is 0.364. The number of imidazole rings is 1. The van der Waals surface area contributed by atoms with Crippen LogP contribution in [-0.2, 0) is 24.5 Å². The zero-order valence-electron chi connectivity index (χ0n) is 8.67. The van der Waals surface area contributed by atoms with Gasteiger partial charge in [-0.2, -0.15) is 11.3 Å². The second-order valence-electron chi connectivity index (χ2n) is 3.80. The number of thiophene rings is 1. The lowest BCUT2D eigenvalue weighted by atomic mass is 10.1. The number of rotatable bonds is 2. The van der Waals surface area contributed by atoms with Crippen molar-refractivity contribution in [3.8, 4) is 0 Å². The van der Waals surface area contributed by atoms with E-state index in [1.54, 1.807) is 17.7 Å². The largest absolute Gasteiger partial charge is 0.390 e. The van der Waals surface area contributed by atoms with E-state index in [0.29, 0.717) is 6.61 Å². The Morgan fingerprint density at radius 2 is 2.56 bits per heavy atom. The predicted octanol–water partition coefficient (Wildman–Crippen LogP) is 1.71. The number of hydrogen-bond donors (Lipinski definition) is 1. The Labute approximate surface area is 97.1 Å². The van der Waals surface area contributed by atoms with Crippen molar-refractivity contribution in [2.75, 3.05) is 0 Å². The molecule has 0 saturated carbocycles. The summed E-state index contributed by atoms with van der Waals surface area (Å²) in [5.41, 5.74) is 2.94. The number of aliphatic hydroxyl groups is 1. The zero-order chi connectivity index (χ0) is 11.0. The number of aromatic nitrogens is 2. The highest BCUT2D eigenvalue weighted by Gasteiger charge is 2.23. The Balaban J connectivity index is 1.87. The maximum absolute atomic E-state index is 9.10. The molecular formula is C11H12N2O2S. The van der Waals surface area contributed by atoms with Gasteiger partial charge in [0.05, 0.1) is 37.5 Å². The number of nitrogens with zero attached hydrogens (tertiary/aromatic N) is 2. The Hall–Kier alpha value is -1.17. The number of ether oxygens (including phenoxy) is 1. The van der Waals surface area contributed by atoms with Gasteiger partial charge < -0.3 is 14.4 Å². The van der Waals surface area contributed by atoms with E-state index >= 15 is 0 Å². The lowest BCUT2D eigenvalue weighted by molar-refractivity contribution is 0.00223. The summed E-state index contributed by atoms with van der Waals surface area (Å²) in [6.07, 6.45) is 1.89. The number of hydrogen-bond acceptors (Lipinski definition) is 4. The Morgan fingerprint density at radius 3 is 3.31 bits per heavy atom. The van der Waals surface area contributed by atoms with Gasteiger partial charge in [0.1, 0.15) is 6.10 Å². The van der Waals surface area contributed by atoms with Crippen LogP contribution < -0.4 is 0 Å². The summed E-state index contributed by atoms with van der Waals surface area (Å²) in [6.45, 7) is 1.28. The van der Waals surface area contributed by atoms with Crippen LogP contribution in [0, 0.1) is 0 Å². The molecule has 0 saturated heterocycles. The van der Waals surface area contributed by atoms with Gasteiger partial charge in [0.15, 0.2) is 0 Å². The molecule has 2 aromatic heterocycles. The van der Waals surface area contributed by atoms with Gasteiger partial charge in [0.2, 0.25) is 0 Å². The topological polar surface area (TPSA) is 47.3 Å². The molecule has 5 heteroatoms. The fourth-order valence-corrected chi connectivity index (χ4v) is 2.68. The number of fused-ring (bicyclic) bond motifs is 1. The Bertz CT molecular complexity index is 478. The molecule has 2 aromatic rings. The monoisotopic (exact) mass is 236 g/mol. The molecule has 3 heterocycles. The molecule has 1 atom stereocenters. The Morgan fingerprint density at radius 1 is 1.62 bits per heavy atom. The first kappa shape index (κ1) is 10.0. The molecule has 0 aromatic carbocycles. The smallest absolute Gasteiger partial charge is 0.102 e. The van der Waals surface area contributed by atoms with Gasteiger partial charge >= 0.3 is 0 Å². The summed E-state index contributed by atoms with van der Waals surface area (Å²) in [5, 5.41) is 13.3. The van der Waals surface area contributed by atoms with Crippen LogP contribution in [0.25, 0.3) is 0 Å². The van der Waals surface area contributed by atoms with E-state index in [9.17, 15) is 0 Å². The van der Waals surface area contributed by atoms with Crippen molar-refractivity contribution in [3.63, 3.8) is 0 Å². The third-order valence-electron chi connectivity index (χ3n) is 2.88. The second-order valence-corrected chi connectivity index (χ2v) is 4.58. The van der Waals surface area contributed by atoms with Gasteiger partial charge in [-0.05, 0) is 22.4 Å². The molecule has 0 unspecified atom stereocenters. The van der Waals surface area contributed by atoms with Crippen LogP contribution >= 0.6 is 11.3 Å². The number of aliphatic hydroxyl groups excluding tert-OH is 1. The predicted molar refractivity (Wildman–Crippen MR) is 60.0 cm³/mol. The zero-order valence-corrected chi connectivity index (χ0v) is 9.48. The van der Waals surface area contributed by atoms with E-state index in [4.69, 9.17) is 9.84 Å². The lowest BCUT2D eigenvalue weighted by Crippen LogP contribution is -2.20. The highest BCUT2D eigenvalue weighted by molar-refractivity contribution is 7.07. The van der Waals surface area contributed by atoms with E-state index in [1.807, 2.05) is 0 Å². The lowest BCUT2D eigenvalue weighted by Gasteiger charge is -2.24. The highest BCUT2D eigenvalue weighted by Crippen LogP contribution is 2.28. The maximum Gasteiger partial charge on any atom is 0.102 e. The third kappa shape index (κ3) is 1.57. The third-order valence-corrected chi connectivity index (χ3v) is 3.58. The summed E-state index contributed by atoms with van der Waals surface area (Å²) in [6, 6.07) is 2.09. The average molecular weight is 236 g/mol. The van der Waals surface area contributed by atoms with Crippen molar-refractivity contribution in [2.24, 2.45) is 0 Å². The molecule has 1 N–H and O–H groups in total. The summed E-state index contributed by atoms with van der Waals surface area (Å²) in [5.74, 6) is 0. The van der Waals surface area contributed by atoms with Crippen molar-refractivity contribution < 1.29 is 9.84 Å². The molecule has 0 amide bonds. The highest BCUT2D eigenvalue weighted by atomic mass is 32.1. The summed E-state index contributed by atoms with van der Waals surface area (Å²) >= 11 is 1.68. The molecule has 0 radical (unpaired) electrons. The molecule has 16 heavy (non-hydrogen) atoms. The van der Waals surface area contributed by atoms with Gasteiger partial charge in [-0.1, -0.05) is 0 Å². The van der Waals surface area contributed by atoms with E-state index in [2.05, 4.69) is 26.4 Å². The first-order chi connectivity index (χ1) is 7.88. The first-order valence-electron chi connectivity index (χ1n) is 5.16. The maximum atomic E-state index is 9.10. The minimum Gasteiger partial charge on any atom is -0.390 e. The molecule has 1 aliphatic heterocycles. The van der Waals surface area contributed by atoms with Crippen LogP contribution in [-0.4, -0.2) is 14.7 Å². The van der Waals surface area contributed by atoms with Gasteiger partial charge in [-0.3, -0.25) is 0 Å². The van der Waals surface area contributed by atoms with E-state index < -0.39 is 0 Å². The molecular weight excluding hydrogens is 224 g/mol. The van der Waals surface area contributed by atoms with Gasteiger partial charge in [0.25, 0.3) is 0 Å². The standard InChI is InChI=1S/C11H12N2O2S/c14-4-9-10-5-15-11(3-13(10)7-12-9)8-1-2-16-6-8/h1-2,6-7,11,14H,3-5H2/t11-/m1/s1. The SMILES string of the molecule is OCc1ncn2c1CO[C@@H](c1ccsc1)C2. The van der Waals surface area contributed by atoms with Crippen LogP contribution in [0.4, 0.5) is 0 Å². The summed E-state index contributed by atoms with van der Waals surface area (Å²) < 4.78 is 7.85. The van der Waals surface area contributed by atoms with Gasteiger partial charge in [-0.25, -0.2) is 4.98 Å². The van der Waals surface area contributed by atoms with Crippen LogP contribution in [0.1, 0.15) is 23.1 Å². The minimum atomic E-state index is -0.0190. The van der Waals surface area contributed by atoms with E-state index in [1.165, 1.54) is 5.56 Å². The van der Waals surface area contributed by atoms with Crippen molar-refractivity contribution in [1.29, 1.82) is 0 Å². The van der Waals surface area contributed by atoms with Crippen LogP contribution in [0.5, 0.6) is 0 Å². The van der Waals surface area contributed by atoms with E-state index in [0.717, 1.165) is 17.9 Å². The summed E-state index contributed by atoms with van der Waals surface area (Å²) in [4.78, 5) is 4.17. The minimum absolute atomic E-state index is 0.0190. The molecule has 0 spiro atoms. The molecule has 84 valence electrons. The second kappa shape index (κ2) is 4.01. The average Bonchev–Trinajstić information content (AvgIpc) is 2.97. The van der Waals surface area contributed by atoms with Crippen LogP contribution in [0.3, 0.4) is 0 Å². The molecule has 0 aliphatic carbocycles. The van der Waals surface area contributed by atoms with Gasteiger partial charge in [0, 0.05) is 0 Å². The van der Waals surface area contributed by atoms with E-state index in [-0.39, 0.29) is 12.7 Å². The van der Waals surface area contributed by atoms with Crippen LogP contribution in [0.15, 0.2) is 23.2 Å². The molecule has 0 fully saturated rings. The van der Waals surface area contributed by atoms with Crippen molar-refractivity contribution >= 4 is 11.3 Å². The van der Waals surface area contributed by atoms with Crippen molar-refractivity contribution in [2.45, 2.75) is 25.9 Å². The molecule has 3 rings (SSSR count). The quantitative estimate of drug-likeness (QED) is 0.863. The first-order valence-corrected chi connectivity index (χ1v) is 6.10. The van der Waals surface area contributed by atoms with Crippen LogP contribution in [0.2, 0.25) is 0 Å². The molecule has 4 nitrogen and oxygen atoms in total. The molecule has 0 bridgehead atoms. The normalized spacial score (nSPS) is 19.7. The Kier molecular flexibility index (Phi) is 2.51.